The summed E-state index contributed by atoms with van der Waals surface area (Å²) in [5, 5.41) is 3.52. The molecule has 0 aliphatic carbocycles. The average molecular weight is 319 g/mol. The van der Waals surface area contributed by atoms with Crippen molar-refractivity contribution in [3.8, 4) is 11.4 Å². The summed E-state index contributed by atoms with van der Waals surface area (Å²) < 4.78 is 4.31. The summed E-state index contributed by atoms with van der Waals surface area (Å²) >= 11 is 0. The van der Waals surface area contributed by atoms with Crippen LogP contribution in [0.5, 0.6) is 0 Å². The van der Waals surface area contributed by atoms with Crippen LogP contribution in [-0.4, -0.2) is 11.1 Å². The summed E-state index contributed by atoms with van der Waals surface area (Å²) in [6, 6.07) is 14.6. The fourth-order valence-electron chi connectivity index (χ4n) is 3.35. The monoisotopic (exact) mass is 319 g/mol. The van der Waals surface area contributed by atoms with Crippen molar-refractivity contribution in [2.75, 3.05) is 10.2 Å². The molecule has 0 unspecified atom stereocenters. The molecule has 0 fully saturated rings. The van der Waals surface area contributed by atoms with Gasteiger partial charge in [-0.05, 0) is 25.1 Å². The molecule has 0 bridgehead atoms. The topological polar surface area (TPSA) is 35.9 Å². The Labute approximate surface area is 141 Å². The highest BCUT2D eigenvalue weighted by atomic mass is 15.4. The molecule has 3 aromatic rings. The Morgan fingerprint density at radius 3 is 2.62 bits per heavy atom. The van der Waals surface area contributed by atoms with Crippen molar-refractivity contribution >= 4 is 17.2 Å². The lowest BCUT2D eigenvalue weighted by Crippen LogP contribution is -2.44. The maximum absolute atomic E-state index is 4.51. The highest BCUT2D eigenvalue weighted by Crippen LogP contribution is 2.38. The van der Waals surface area contributed by atoms with Crippen LogP contribution in [0.4, 0.5) is 17.2 Å². The Balaban J connectivity index is 1.87. The largest absolute Gasteiger partial charge is 0.344 e. The van der Waals surface area contributed by atoms with Gasteiger partial charge in [0.1, 0.15) is 13.2 Å². The van der Waals surface area contributed by atoms with E-state index in [9.17, 15) is 0 Å². The van der Waals surface area contributed by atoms with Crippen molar-refractivity contribution in [3.63, 3.8) is 0 Å². The zero-order chi connectivity index (χ0) is 16.7. The Morgan fingerprint density at radius 1 is 1.00 bits per heavy atom. The van der Waals surface area contributed by atoms with E-state index >= 15 is 0 Å². The lowest BCUT2D eigenvalue weighted by molar-refractivity contribution is -0.684. The van der Waals surface area contributed by atoms with Crippen LogP contribution in [0.2, 0.25) is 0 Å². The van der Waals surface area contributed by atoms with Crippen LogP contribution in [0.15, 0.2) is 61.1 Å². The second kappa shape index (κ2) is 5.60. The van der Waals surface area contributed by atoms with Gasteiger partial charge in [-0.25, -0.2) is 9.47 Å². The zero-order valence-corrected chi connectivity index (χ0v) is 14.1. The van der Waals surface area contributed by atoms with Crippen LogP contribution >= 0.6 is 0 Å². The molecule has 1 aromatic carbocycles. The molecule has 0 saturated heterocycles. The van der Waals surface area contributed by atoms with Gasteiger partial charge < -0.3 is 5.32 Å². The van der Waals surface area contributed by atoms with Crippen molar-refractivity contribution in [3.05, 3.63) is 61.1 Å². The molecule has 1 aliphatic rings. The minimum absolute atomic E-state index is 0.176. The molecule has 24 heavy (non-hydrogen) atoms. The molecule has 2 aromatic heterocycles. The van der Waals surface area contributed by atoms with Gasteiger partial charge in [0, 0.05) is 12.1 Å². The number of rotatable bonds is 2. The van der Waals surface area contributed by atoms with Gasteiger partial charge in [0.25, 0.3) is 5.69 Å². The van der Waals surface area contributed by atoms with Crippen molar-refractivity contribution < 1.29 is 9.13 Å². The Bertz CT molecular complexity index is 906. The Kier molecular flexibility index (Phi) is 3.41. The van der Waals surface area contributed by atoms with Gasteiger partial charge in [0.15, 0.2) is 18.1 Å². The van der Waals surface area contributed by atoms with Gasteiger partial charge in [-0.1, -0.05) is 12.1 Å². The summed E-state index contributed by atoms with van der Waals surface area (Å²) in [5.41, 5.74) is 4.53. The van der Waals surface area contributed by atoms with Gasteiger partial charge in [-0.2, -0.15) is 4.57 Å². The zero-order valence-electron chi connectivity index (χ0n) is 14.1. The number of para-hydroxylation sites is 2. The second-order valence-corrected chi connectivity index (χ2v) is 6.11. The smallest absolute Gasteiger partial charge is 0.302 e. The number of fused-ring (bicyclic) bond motifs is 1. The number of nitrogens with zero attached hydrogens (tertiary/aromatic N) is 4. The van der Waals surface area contributed by atoms with E-state index in [0.29, 0.717) is 0 Å². The molecule has 5 heteroatoms. The lowest BCUT2D eigenvalue weighted by atomic mass is 10.2. The number of hydrogen-bond donors (Lipinski definition) is 1. The van der Waals surface area contributed by atoms with Gasteiger partial charge in [0.2, 0.25) is 5.69 Å². The maximum Gasteiger partial charge on any atom is 0.302 e. The molecular formula is C19H21N5+2. The van der Waals surface area contributed by atoms with Gasteiger partial charge in [0.05, 0.1) is 18.9 Å². The molecule has 120 valence electrons. The first kappa shape index (κ1) is 14.6. The van der Waals surface area contributed by atoms with E-state index < -0.39 is 0 Å². The molecule has 5 nitrogen and oxygen atoms in total. The third-order valence-corrected chi connectivity index (χ3v) is 4.57. The number of aromatic nitrogens is 3. The molecule has 3 heterocycles. The van der Waals surface area contributed by atoms with Crippen LogP contribution in [-0.2, 0) is 14.1 Å². The predicted molar refractivity (Wildman–Crippen MR) is 93.7 cm³/mol. The first-order chi connectivity index (χ1) is 11.7. The van der Waals surface area contributed by atoms with Crippen molar-refractivity contribution in [2.45, 2.75) is 13.1 Å². The summed E-state index contributed by atoms with van der Waals surface area (Å²) in [5.74, 6) is 1.06. The molecule has 0 radical (unpaired) electrons. The Hall–Kier alpha value is -2.95. The van der Waals surface area contributed by atoms with E-state index in [4.69, 9.17) is 0 Å². The number of hydrogen-bond acceptors (Lipinski definition) is 3. The minimum atomic E-state index is 0.176. The maximum atomic E-state index is 4.51. The number of aryl methyl sites for hydroxylation is 1. The fourth-order valence-corrected chi connectivity index (χ4v) is 3.35. The van der Waals surface area contributed by atoms with Crippen molar-refractivity contribution in [1.82, 2.24) is 4.98 Å². The number of pyridine rings is 1. The fraction of sp³-hybridized carbons (Fsp3) is 0.211. The highest BCUT2D eigenvalue weighted by Gasteiger charge is 2.36. The van der Waals surface area contributed by atoms with E-state index in [1.54, 1.807) is 0 Å². The van der Waals surface area contributed by atoms with Crippen LogP contribution < -0.4 is 19.4 Å². The summed E-state index contributed by atoms with van der Waals surface area (Å²) in [7, 11) is 4.14. The SMILES string of the molecule is C[C@@H]1Nc2ccccc2N1c1cncc(-c2cccc[n+]2C)[n+]1C. The molecule has 0 saturated carbocycles. The molecule has 4 rings (SSSR count). The number of benzene rings is 1. The van der Waals surface area contributed by atoms with Crippen molar-refractivity contribution in [2.24, 2.45) is 14.1 Å². The quantitative estimate of drug-likeness (QED) is 0.736. The van der Waals surface area contributed by atoms with E-state index in [1.165, 1.54) is 5.69 Å². The molecular weight excluding hydrogens is 298 g/mol. The van der Waals surface area contributed by atoms with Crippen LogP contribution in [0, 0.1) is 0 Å². The Morgan fingerprint density at radius 2 is 1.79 bits per heavy atom. The summed E-state index contributed by atoms with van der Waals surface area (Å²) in [4.78, 5) is 6.80. The molecule has 1 atom stereocenters. The summed E-state index contributed by atoms with van der Waals surface area (Å²) in [6.07, 6.45) is 6.07. The van der Waals surface area contributed by atoms with Crippen LogP contribution in [0.3, 0.4) is 0 Å². The predicted octanol–water partition coefficient (Wildman–Crippen LogP) is 2.31. The highest BCUT2D eigenvalue weighted by molar-refractivity contribution is 5.80. The van der Waals surface area contributed by atoms with Gasteiger partial charge >= 0.3 is 5.82 Å². The second-order valence-electron chi connectivity index (χ2n) is 6.11. The van der Waals surface area contributed by atoms with E-state index in [-0.39, 0.29) is 6.17 Å². The molecule has 1 N–H and O–H groups in total. The number of nitrogens with one attached hydrogen (secondary N) is 1. The standard InChI is InChI=1S/C19H20N5/c1-14-21-15-8-4-5-9-16(15)24(14)19-13-20-12-18(23(19)3)17-10-6-7-11-22(17)2/h4-14H,1-3H3/q+1/p+1/t14-/m1/s1. The van der Waals surface area contributed by atoms with Gasteiger partial charge in [-0.3, -0.25) is 4.98 Å². The normalized spacial score (nSPS) is 16.0. The molecule has 0 amide bonds. The van der Waals surface area contributed by atoms with E-state index in [0.717, 1.165) is 22.9 Å². The molecule has 1 aliphatic heterocycles. The average Bonchev–Trinajstić information content (AvgIpc) is 2.92. The van der Waals surface area contributed by atoms with Gasteiger partial charge in [-0.15, -0.1) is 0 Å². The summed E-state index contributed by atoms with van der Waals surface area (Å²) in [6.45, 7) is 2.16. The first-order valence-electron chi connectivity index (χ1n) is 8.10. The van der Waals surface area contributed by atoms with Crippen molar-refractivity contribution in [1.29, 1.82) is 0 Å². The lowest BCUT2D eigenvalue weighted by Gasteiger charge is -2.17. The molecule has 0 spiro atoms. The van der Waals surface area contributed by atoms with E-state index in [1.807, 2.05) is 18.5 Å². The van der Waals surface area contributed by atoms with E-state index in [2.05, 4.69) is 87.9 Å². The number of anilines is 3. The van der Waals surface area contributed by atoms with Crippen LogP contribution in [0.1, 0.15) is 6.92 Å². The first-order valence-corrected chi connectivity index (χ1v) is 8.10. The third-order valence-electron chi connectivity index (χ3n) is 4.57. The van der Waals surface area contributed by atoms with Crippen LogP contribution in [0.25, 0.3) is 11.4 Å². The minimum Gasteiger partial charge on any atom is -0.344 e. The third kappa shape index (κ3) is 2.21.